The molecule has 0 radical (unpaired) electrons. The summed E-state index contributed by atoms with van der Waals surface area (Å²) in [6, 6.07) is 2.34. The molecule has 0 bridgehead atoms. The smallest absolute Gasteiger partial charge is 0.133 e. The first-order valence-corrected chi connectivity index (χ1v) is 6.83. The molecule has 18 heavy (non-hydrogen) atoms. The van der Waals surface area contributed by atoms with Crippen LogP contribution >= 0.6 is 0 Å². The lowest BCUT2D eigenvalue weighted by Crippen LogP contribution is -2.27. The van der Waals surface area contributed by atoms with Gasteiger partial charge in [-0.2, -0.15) is 0 Å². The van der Waals surface area contributed by atoms with Gasteiger partial charge in [0.25, 0.3) is 0 Å². The van der Waals surface area contributed by atoms with Crippen LogP contribution in [0, 0.1) is 12.8 Å². The summed E-state index contributed by atoms with van der Waals surface area (Å²) >= 11 is 0. The fraction of sp³-hybridized carbons (Fsp3) is 0.714. The monoisotopic (exact) mass is 249 g/mol. The summed E-state index contributed by atoms with van der Waals surface area (Å²) in [6.07, 6.45) is 3.41. The lowest BCUT2D eigenvalue weighted by Gasteiger charge is -2.20. The van der Waals surface area contributed by atoms with Crippen molar-refractivity contribution in [1.82, 2.24) is 9.97 Å². The van der Waals surface area contributed by atoms with E-state index >= 15 is 0 Å². The number of aromatic nitrogens is 2. The van der Waals surface area contributed by atoms with Gasteiger partial charge in [0, 0.05) is 36.2 Å². The number of hydrogen-bond acceptors (Lipinski definition) is 4. The summed E-state index contributed by atoms with van der Waals surface area (Å²) in [7, 11) is 0. The van der Waals surface area contributed by atoms with E-state index in [9.17, 15) is 5.11 Å². The van der Waals surface area contributed by atoms with Crippen molar-refractivity contribution in [3.63, 3.8) is 0 Å². The summed E-state index contributed by atoms with van der Waals surface area (Å²) < 4.78 is 0. The Bertz CT molecular complexity index is 406. The first-order chi connectivity index (χ1) is 8.60. The van der Waals surface area contributed by atoms with Crippen LogP contribution < -0.4 is 5.32 Å². The maximum absolute atomic E-state index is 9.34. The first kappa shape index (κ1) is 13.3. The molecule has 0 spiro atoms. The second-order valence-electron chi connectivity index (χ2n) is 5.53. The molecule has 1 saturated carbocycles. The van der Waals surface area contributed by atoms with Gasteiger partial charge in [-0.1, -0.05) is 20.3 Å². The van der Waals surface area contributed by atoms with Crippen LogP contribution in [0.4, 0.5) is 5.82 Å². The molecule has 2 N–H and O–H groups in total. The van der Waals surface area contributed by atoms with E-state index in [1.807, 2.05) is 13.0 Å². The summed E-state index contributed by atoms with van der Waals surface area (Å²) in [6.45, 7) is 6.46. The van der Waals surface area contributed by atoms with Crippen LogP contribution in [0.15, 0.2) is 6.07 Å². The maximum atomic E-state index is 9.34. The van der Waals surface area contributed by atoms with E-state index in [1.165, 1.54) is 6.42 Å². The van der Waals surface area contributed by atoms with Crippen molar-refractivity contribution in [3.8, 4) is 0 Å². The standard InChI is InChI=1S/C14H23N3O/c1-9(2)14-15-10(3)7-13(17-14)16-12-6-4-5-11(12)8-18/h7,9,11-12,18H,4-6,8H2,1-3H3,(H,15,16,17). The molecule has 4 nitrogen and oxygen atoms in total. The SMILES string of the molecule is Cc1cc(NC2CCCC2CO)nc(C(C)C)n1. The molecule has 100 valence electrons. The third-order valence-corrected chi connectivity index (χ3v) is 3.61. The van der Waals surface area contributed by atoms with Gasteiger partial charge in [-0.05, 0) is 19.8 Å². The summed E-state index contributed by atoms with van der Waals surface area (Å²) in [5.74, 6) is 2.48. The topological polar surface area (TPSA) is 58.0 Å². The highest BCUT2D eigenvalue weighted by Gasteiger charge is 2.26. The van der Waals surface area contributed by atoms with Gasteiger partial charge in [-0.25, -0.2) is 9.97 Å². The highest BCUT2D eigenvalue weighted by molar-refractivity contribution is 5.37. The molecule has 0 aliphatic heterocycles. The zero-order chi connectivity index (χ0) is 13.1. The van der Waals surface area contributed by atoms with E-state index in [2.05, 4.69) is 29.1 Å². The molecule has 2 rings (SSSR count). The number of aliphatic hydroxyl groups excluding tert-OH is 1. The first-order valence-electron chi connectivity index (χ1n) is 6.83. The van der Waals surface area contributed by atoms with Gasteiger partial charge in [-0.3, -0.25) is 0 Å². The molecule has 1 heterocycles. The normalized spacial score (nSPS) is 23.6. The number of anilines is 1. The Kier molecular flexibility index (Phi) is 4.17. The molecule has 2 unspecified atom stereocenters. The Morgan fingerprint density at radius 2 is 2.17 bits per heavy atom. The van der Waals surface area contributed by atoms with E-state index in [1.54, 1.807) is 0 Å². The predicted octanol–water partition coefficient (Wildman–Crippen LogP) is 2.48. The Labute approximate surface area is 109 Å². The Morgan fingerprint density at radius 3 is 2.83 bits per heavy atom. The molecular weight excluding hydrogens is 226 g/mol. The molecule has 2 atom stereocenters. The summed E-state index contributed by atoms with van der Waals surface area (Å²) in [5, 5.41) is 12.8. The third-order valence-electron chi connectivity index (χ3n) is 3.61. The highest BCUT2D eigenvalue weighted by Crippen LogP contribution is 2.28. The van der Waals surface area contributed by atoms with E-state index in [4.69, 9.17) is 0 Å². The lowest BCUT2D eigenvalue weighted by atomic mass is 10.1. The summed E-state index contributed by atoms with van der Waals surface area (Å²) in [4.78, 5) is 9.01. The number of aliphatic hydroxyl groups is 1. The molecule has 1 aliphatic carbocycles. The van der Waals surface area contributed by atoms with Crippen LogP contribution in [-0.4, -0.2) is 27.7 Å². The fourth-order valence-corrected chi connectivity index (χ4v) is 2.56. The van der Waals surface area contributed by atoms with E-state index in [0.717, 1.165) is 30.2 Å². The minimum Gasteiger partial charge on any atom is -0.396 e. The van der Waals surface area contributed by atoms with Crippen LogP contribution in [0.25, 0.3) is 0 Å². The quantitative estimate of drug-likeness (QED) is 0.860. The van der Waals surface area contributed by atoms with Gasteiger partial charge in [-0.15, -0.1) is 0 Å². The Balaban J connectivity index is 2.13. The van der Waals surface area contributed by atoms with Crippen LogP contribution in [0.2, 0.25) is 0 Å². The van der Waals surface area contributed by atoms with Gasteiger partial charge < -0.3 is 10.4 Å². The summed E-state index contributed by atoms with van der Waals surface area (Å²) in [5.41, 5.74) is 0.995. The average Bonchev–Trinajstić information content (AvgIpc) is 2.75. The van der Waals surface area contributed by atoms with Crippen LogP contribution in [-0.2, 0) is 0 Å². The molecular formula is C14H23N3O. The zero-order valence-electron chi connectivity index (χ0n) is 11.5. The largest absolute Gasteiger partial charge is 0.396 e. The van der Waals surface area contributed by atoms with Gasteiger partial charge in [0.2, 0.25) is 0 Å². The van der Waals surface area contributed by atoms with E-state index < -0.39 is 0 Å². The second kappa shape index (κ2) is 5.65. The molecule has 1 fully saturated rings. The Hall–Kier alpha value is -1.16. The van der Waals surface area contributed by atoms with Gasteiger partial charge in [0.1, 0.15) is 11.6 Å². The highest BCUT2D eigenvalue weighted by atomic mass is 16.3. The van der Waals surface area contributed by atoms with Crippen molar-refractivity contribution < 1.29 is 5.11 Å². The predicted molar refractivity (Wildman–Crippen MR) is 72.7 cm³/mol. The minimum atomic E-state index is 0.263. The molecule has 1 aromatic heterocycles. The van der Waals surface area contributed by atoms with Gasteiger partial charge in [0.15, 0.2) is 0 Å². The number of nitrogens with one attached hydrogen (secondary N) is 1. The van der Waals surface area contributed by atoms with E-state index in [0.29, 0.717) is 17.9 Å². The third kappa shape index (κ3) is 2.99. The van der Waals surface area contributed by atoms with Crippen molar-refractivity contribution in [2.75, 3.05) is 11.9 Å². The van der Waals surface area contributed by atoms with Crippen LogP contribution in [0.3, 0.4) is 0 Å². The number of hydrogen-bond donors (Lipinski definition) is 2. The van der Waals surface area contributed by atoms with Crippen molar-refractivity contribution >= 4 is 5.82 Å². The maximum Gasteiger partial charge on any atom is 0.133 e. The van der Waals surface area contributed by atoms with Crippen molar-refractivity contribution in [2.45, 2.75) is 52.0 Å². The minimum absolute atomic E-state index is 0.263. The van der Waals surface area contributed by atoms with Gasteiger partial charge >= 0.3 is 0 Å². The number of rotatable bonds is 4. The van der Waals surface area contributed by atoms with E-state index in [-0.39, 0.29) is 6.61 Å². The zero-order valence-corrected chi connectivity index (χ0v) is 11.5. The lowest BCUT2D eigenvalue weighted by molar-refractivity contribution is 0.222. The average molecular weight is 249 g/mol. The van der Waals surface area contributed by atoms with Crippen molar-refractivity contribution in [2.24, 2.45) is 5.92 Å². The number of nitrogens with zero attached hydrogens (tertiary/aromatic N) is 2. The molecule has 0 aromatic carbocycles. The fourth-order valence-electron chi connectivity index (χ4n) is 2.56. The Morgan fingerprint density at radius 1 is 1.39 bits per heavy atom. The van der Waals surface area contributed by atoms with Gasteiger partial charge in [0.05, 0.1) is 0 Å². The van der Waals surface area contributed by atoms with Crippen molar-refractivity contribution in [3.05, 3.63) is 17.6 Å². The molecule has 0 amide bonds. The molecule has 1 aromatic rings. The molecule has 4 heteroatoms. The second-order valence-corrected chi connectivity index (χ2v) is 5.53. The van der Waals surface area contributed by atoms with Crippen LogP contribution in [0.5, 0.6) is 0 Å². The number of aryl methyl sites for hydroxylation is 1. The van der Waals surface area contributed by atoms with Crippen molar-refractivity contribution in [1.29, 1.82) is 0 Å². The molecule has 1 aliphatic rings. The molecule has 0 saturated heterocycles. The van der Waals surface area contributed by atoms with Crippen LogP contribution in [0.1, 0.15) is 50.5 Å².